The monoisotopic (exact) mass is 260 g/mol. The molecule has 0 radical (unpaired) electrons. The summed E-state index contributed by atoms with van der Waals surface area (Å²) >= 11 is 1.56. The number of thioether (sulfide) groups is 1. The minimum absolute atomic E-state index is 0.259. The van der Waals surface area contributed by atoms with E-state index < -0.39 is 18.1 Å². The van der Waals surface area contributed by atoms with Gasteiger partial charge in [0, 0.05) is 18.1 Å². The first-order chi connectivity index (χ1) is 7.75. The molecular weight excluding hydrogens is 240 g/mol. The molecule has 0 aromatic carbocycles. The summed E-state index contributed by atoms with van der Waals surface area (Å²) in [5.74, 6) is 0.00138. The van der Waals surface area contributed by atoms with Crippen LogP contribution in [0.5, 0.6) is 0 Å². The molecule has 2 atom stereocenters. The molecule has 6 heteroatoms. The molecule has 1 aliphatic heterocycles. The van der Waals surface area contributed by atoms with Crippen LogP contribution in [-0.4, -0.2) is 52.0 Å². The molecule has 0 aromatic heterocycles. The largest absolute Gasteiger partial charge is 0.480 e. The van der Waals surface area contributed by atoms with E-state index in [9.17, 15) is 9.59 Å². The maximum Gasteiger partial charge on any atom is 0.327 e. The number of aliphatic carboxylic acids is 1. The van der Waals surface area contributed by atoms with E-state index >= 15 is 0 Å². The second-order valence-corrected chi connectivity index (χ2v) is 6.45. The van der Waals surface area contributed by atoms with Gasteiger partial charge in [-0.3, -0.25) is 4.79 Å². The highest BCUT2D eigenvalue weighted by Crippen LogP contribution is 2.23. The van der Waals surface area contributed by atoms with Crippen molar-refractivity contribution in [2.75, 3.05) is 18.1 Å². The molecule has 17 heavy (non-hydrogen) atoms. The fraction of sp³-hybridized carbons (Fsp3) is 0.818. The Morgan fingerprint density at radius 2 is 2.06 bits per heavy atom. The summed E-state index contributed by atoms with van der Waals surface area (Å²) in [7, 11) is 0. The van der Waals surface area contributed by atoms with E-state index in [0.29, 0.717) is 12.3 Å². The Morgan fingerprint density at radius 3 is 2.53 bits per heavy atom. The summed E-state index contributed by atoms with van der Waals surface area (Å²) in [6.45, 7) is 6.10. The third-order valence-electron chi connectivity index (χ3n) is 2.90. The van der Waals surface area contributed by atoms with Gasteiger partial charge < -0.3 is 15.7 Å². The number of carboxylic acids is 1. The molecular formula is C11H20N2O3S. The fourth-order valence-corrected chi connectivity index (χ4v) is 2.66. The highest BCUT2D eigenvalue weighted by atomic mass is 32.2. The maximum absolute atomic E-state index is 12.2. The normalized spacial score (nSPS) is 23.3. The summed E-state index contributed by atoms with van der Waals surface area (Å²) in [5.41, 5.74) is 5.54. The molecule has 1 amide bonds. The van der Waals surface area contributed by atoms with Gasteiger partial charge in [0.15, 0.2) is 0 Å². The lowest BCUT2D eigenvalue weighted by Crippen LogP contribution is -2.58. The van der Waals surface area contributed by atoms with Gasteiger partial charge in [-0.25, -0.2) is 4.79 Å². The van der Waals surface area contributed by atoms with E-state index in [0.717, 1.165) is 5.75 Å². The maximum atomic E-state index is 12.2. The molecule has 3 N–H and O–H groups in total. The standard InChI is InChI=1S/C11H20N2O3S/c1-11(2,3)8(12)9(14)13-4-5-17-6-7(13)10(15)16/h7-8H,4-6,12H2,1-3H3,(H,15,16)/t7?,8-/m0/s1. The number of carbonyl (C=O) groups excluding carboxylic acids is 1. The summed E-state index contributed by atoms with van der Waals surface area (Å²) in [6, 6.07) is -1.40. The van der Waals surface area contributed by atoms with Crippen LogP contribution < -0.4 is 5.73 Å². The number of carboxylic acid groups (broad SMARTS) is 1. The van der Waals surface area contributed by atoms with Crippen LogP contribution in [0.2, 0.25) is 0 Å². The van der Waals surface area contributed by atoms with Crippen molar-refractivity contribution in [2.24, 2.45) is 11.1 Å². The topological polar surface area (TPSA) is 83.6 Å². The van der Waals surface area contributed by atoms with Gasteiger partial charge in [-0.15, -0.1) is 0 Å². The van der Waals surface area contributed by atoms with Crippen LogP contribution in [0.1, 0.15) is 20.8 Å². The van der Waals surface area contributed by atoms with Gasteiger partial charge in [0.2, 0.25) is 5.91 Å². The molecule has 1 rings (SSSR count). The molecule has 0 aromatic rings. The van der Waals surface area contributed by atoms with Gasteiger partial charge in [-0.05, 0) is 5.41 Å². The van der Waals surface area contributed by atoms with Crippen LogP contribution in [0.25, 0.3) is 0 Å². The highest BCUT2D eigenvalue weighted by molar-refractivity contribution is 7.99. The number of carbonyl (C=O) groups is 2. The van der Waals surface area contributed by atoms with Gasteiger partial charge in [-0.2, -0.15) is 11.8 Å². The zero-order valence-electron chi connectivity index (χ0n) is 10.5. The first-order valence-corrected chi connectivity index (χ1v) is 6.77. The smallest absolute Gasteiger partial charge is 0.327 e. The molecule has 0 spiro atoms. The third-order valence-corrected chi connectivity index (χ3v) is 3.92. The predicted molar refractivity (Wildman–Crippen MR) is 67.9 cm³/mol. The lowest BCUT2D eigenvalue weighted by molar-refractivity contribution is -0.150. The van der Waals surface area contributed by atoms with Crippen molar-refractivity contribution in [1.82, 2.24) is 4.90 Å². The number of rotatable bonds is 2. The molecule has 1 aliphatic rings. The fourth-order valence-electron chi connectivity index (χ4n) is 1.62. The van der Waals surface area contributed by atoms with Crippen LogP contribution in [0.15, 0.2) is 0 Å². The van der Waals surface area contributed by atoms with Gasteiger partial charge in [-0.1, -0.05) is 20.8 Å². The predicted octanol–water partition coefficient (Wildman–Crippen LogP) is 0.388. The molecule has 1 heterocycles. The molecule has 1 unspecified atom stereocenters. The average molecular weight is 260 g/mol. The van der Waals surface area contributed by atoms with Crippen molar-refractivity contribution < 1.29 is 14.7 Å². The third kappa shape index (κ3) is 3.35. The van der Waals surface area contributed by atoms with E-state index in [4.69, 9.17) is 10.8 Å². The molecule has 1 fully saturated rings. The van der Waals surface area contributed by atoms with Crippen LogP contribution in [0.3, 0.4) is 0 Å². The minimum Gasteiger partial charge on any atom is -0.480 e. The van der Waals surface area contributed by atoms with Crippen LogP contribution >= 0.6 is 11.8 Å². The number of hydrogen-bond donors (Lipinski definition) is 2. The summed E-state index contributed by atoms with van der Waals surface area (Å²) < 4.78 is 0. The van der Waals surface area contributed by atoms with Crippen LogP contribution in [0, 0.1) is 5.41 Å². The number of amides is 1. The van der Waals surface area contributed by atoms with Crippen molar-refractivity contribution in [2.45, 2.75) is 32.9 Å². The second kappa shape index (κ2) is 5.27. The SMILES string of the molecule is CC(C)(C)[C@@H](N)C(=O)N1CCSCC1C(=O)O. The Hall–Kier alpha value is -0.750. The number of nitrogens with two attached hydrogens (primary N) is 1. The second-order valence-electron chi connectivity index (χ2n) is 5.30. The van der Waals surface area contributed by atoms with Gasteiger partial charge in [0.05, 0.1) is 6.04 Å². The highest BCUT2D eigenvalue weighted by Gasteiger charge is 2.38. The van der Waals surface area contributed by atoms with E-state index in [2.05, 4.69) is 0 Å². The van der Waals surface area contributed by atoms with Crippen molar-refractivity contribution in [3.05, 3.63) is 0 Å². The van der Waals surface area contributed by atoms with E-state index in [1.807, 2.05) is 20.8 Å². The molecule has 0 bridgehead atoms. The average Bonchev–Trinajstić information content (AvgIpc) is 2.25. The number of nitrogens with zero attached hydrogens (tertiary/aromatic N) is 1. The van der Waals surface area contributed by atoms with Crippen LogP contribution in [0.4, 0.5) is 0 Å². The Balaban J connectivity index is 2.82. The summed E-state index contributed by atoms with van der Waals surface area (Å²) in [4.78, 5) is 24.7. The molecule has 98 valence electrons. The van der Waals surface area contributed by atoms with E-state index in [1.54, 1.807) is 11.8 Å². The van der Waals surface area contributed by atoms with Crippen molar-refractivity contribution in [3.63, 3.8) is 0 Å². The van der Waals surface area contributed by atoms with Crippen molar-refractivity contribution >= 4 is 23.6 Å². The molecule has 0 saturated carbocycles. The first kappa shape index (κ1) is 14.3. The van der Waals surface area contributed by atoms with Gasteiger partial charge in [0.25, 0.3) is 0 Å². The van der Waals surface area contributed by atoms with Crippen LogP contribution in [-0.2, 0) is 9.59 Å². The quantitative estimate of drug-likeness (QED) is 0.750. The lowest BCUT2D eigenvalue weighted by atomic mass is 9.86. The molecule has 1 saturated heterocycles. The van der Waals surface area contributed by atoms with Crippen molar-refractivity contribution in [1.29, 1.82) is 0 Å². The summed E-state index contributed by atoms with van der Waals surface area (Å²) in [6.07, 6.45) is 0. The Morgan fingerprint density at radius 1 is 1.47 bits per heavy atom. The Bertz CT molecular complexity index is 314. The van der Waals surface area contributed by atoms with E-state index in [-0.39, 0.29) is 11.3 Å². The minimum atomic E-state index is -0.952. The number of hydrogen-bond acceptors (Lipinski definition) is 4. The molecule has 5 nitrogen and oxygen atoms in total. The van der Waals surface area contributed by atoms with Gasteiger partial charge >= 0.3 is 5.97 Å². The molecule has 0 aliphatic carbocycles. The van der Waals surface area contributed by atoms with E-state index in [1.165, 1.54) is 4.90 Å². The van der Waals surface area contributed by atoms with Crippen molar-refractivity contribution in [3.8, 4) is 0 Å². The first-order valence-electron chi connectivity index (χ1n) is 5.61. The zero-order chi connectivity index (χ0) is 13.2. The lowest BCUT2D eigenvalue weighted by Gasteiger charge is -2.37. The van der Waals surface area contributed by atoms with Gasteiger partial charge in [0.1, 0.15) is 6.04 Å². The Kier molecular flexibility index (Phi) is 4.43. The Labute approximate surface area is 106 Å². The zero-order valence-corrected chi connectivity index (χ0v) is 11.3. The summed E-state index contributed by atoms with van der Waals surface area (Å²) in [5, 5.41) is 9.09.